The number of nitrogens with one attached hydrogen (secondary N) is 1. The van der Waals surface area contributed by atoms with Gasteiger partial charge >= 0.3 is 0 Å². The molecule has 0 saturated heterocycles. The minimum atomic E-state index is 0.622. The highest BCUT2D eigenvalue weighted by molar-refractivity contribution is 5.43. The van der Waals surface area contributed by atoms with Crippen molar-refractivity contribution in [2.24, 2.45) is 0 Å². The third-order valence-electron chi connectivity index (χ3n) is 2.61. The van der Waals surface area contributed by atoms with E-state index >= 15 is 0 Å². The Balaban J connectivity index is 2.65. The third kappa shape index (κ3) is 5.67. The van der Waals surface area contributed by atoms with Crippen molar-refractivity contribution in [1.82, 2.24) is 5.32 Å². The van der Waals surface area contributed by atoms with Gasteiger partial charge in [0.2, 0.25) is 0 Å². The molecule has 1 N–H and O–H groups in total. The van der Waals surface area contributed by atoms with Crippen LogP contribution in [0.25, 0.3) is 0 Å². The largest absolute Gasteiger partial charge is 0.490 e. The summed E-state index contributed by atoms with van der Waals surface area (Å²) >= 11 is 0. The summed E-state index contributed by atoms with van der Waals surface area (Å²) in [7, 11) is 0. The van der Waals surface area contributed by atoms with Gasteiger partial charge in [-0.05, 0) is 37.6 Å². The molecule has 0 bridgehead atoms. The van der Waals surface area contributed by atoms with Gasteiger partial charge in [0.1, 0.15) is 0 Å². The lowest BCUT2D eigenvalue weighted by Crippen LogP contribution is -2.12. The van der Waals surface area contributed by atoms with Crippen LogP contribution < -0.4 is 14.8 Å². The lowest BCUT2D eigenvalue weighted by molar-refractivity contribution is 0.274. The number of rotatable bonds is 9. The molecular formula is C16H23NO2. The van der Waals surface area contributed by atoms with Crippen molar-refractivity contribution in [2.75, 3.05) is 19.8 Å². The van der Waals surface area contributed by atoms with Crippen LogP contribution in [0.2, 0.25) is 0 Å². The average Bonchev–Trinajstić information content (AvgIpc) is 2.43. The van der Waals surface area contributed by atoms with Gasteiger partial charge in [0.15, 0.2) is 11.5 Å². The summed E-state index contributed by atoms with van der Waals surface area (Å²) in [5.74, 6) is 4.20. The van der Waals surface area contributed by atoms with Gasteiger partial charge in [0, 0.05) is 13.0 Å². The SMILES string of the molecule is C#CCCCOc1ccc(CNCC)cc1OCC. The zero-order valence-electron chi connectivity index (χ0n) is 11.9. The predicted octanol–water partition coefficient (Wildman–Crippen LogP) is 2.99. The Morgan fingerprint density at radius 1 is 1.21 bits per heavy atom. The fourth-order valence-corrected chi connectivity index (χ4v) is 1.68. The highest BCUT2D eigenvalue weighted by atomic mass is 16.5. The molecule has 3 nitrogen and oxygen atoms in total. The maximum atomic E-state index is 5.71. The molecule has 19 heavy (non-hydrogen) atoms. The molecule has 1 aromatic carbocycles. The van der Waals surface area contributed by atoms with E-state index in [1.807, 2.05) is 19.1 Å². The van der Waals surface area contributed by atoms with Gasteiger partial charge in [-0.3, -0.25) is 0 Å². The number of hydrogen-bond donors (Lipinski definition) is 1. The van der Waals surface area contributed by atoms with E-state index in [4.69, 9.17) is 15.9 Å². The Labute approximate surface area is 116 Å². The van der Waals surface area contributed by atoms with E-state index in [0.717, 1.165) is 37.4 Å². The molecule has 0 aliphatic carbocycles. The molecule has 0 aliphatic heterocycles. The number of benzene rings is 1. The fourth-order valence-electron chi connectivity index (χ4n) is 1.68. The summed E-state index contributed by atoms with van der Waals surface area (Å²) in [4.78, 5) is 0. The average molecular weight is 261 g/mol. The van der Waals surface area contributed by atoms with Crippen molar-refractivity contribution in [2.45, 2.75) is 33.2 Å². The second kappa shape index (κ2) is 9.29. The molecule has 1 aromatic rings. The lowest BCUT2D eigenvalue weighted by atomic mass is 10.2. The van der Waals surface area contributed by atoms with E-state index in [9.17, 15) is 0 Å². The minimum absolute atomic E-state index is 0.622. The summed E-state index contributed by atoms with van der Waals surface area (Å²) < 4.78 is 11.3. The zero-order chi connectivity index (χ0) is 13.9. The molecular weight excluding hydrogens is 238 g/mol. The van der Waals surface area contributed by atoms with Crippen molar-refractivity contribution in [3.63, 3.8) is 0 Å². The molecule has 0 aliphatic rings. The molecule has 104 valence electrons. The van der Waals surface area contributed by atoms with Gasteiger partial charge in [-0.15, -0.1) is 12.3 Å². The van der Waals surface area contributed by atoms with Crippen molar-refractivity contribution in [1.29, 1.82) is 0 Å². The second-order valence-electron chi connectivity index (χ2n) is 4.15. The van der Waals surface area contributed by atoms with Gasteiger partial charge in [0.05, 0.1) is 13.2 Å². The van der Waals surface area contributed by atoms with Crippen LogP contribution in [0.1, 0.15) is 32.3 Å². The van der Waals surface area contributed by atoms with Crippen molar-refractivity contribution < 1.29 is 9.47 Å². The standard InChI is InChI=1S/C16H23NO2/c1-4-7-8-11-19-15-10-9-14(13-17-5-2)12-16(15)18-6-3/h1,9-10,12,17H,5-8,11,13H2,2-3H3. The Kier molecular flexibility index (Phi) is 7.53. The summed E-state index contributed by atoms with van der Waals surface area (Å²) in [6, 6.07) is 6.05. The number of unbranched alkanes of at least 4 members (excludes halogenated alkanes) is 1. The van der Waals surface area contributed by atoms with Crippen molar-refractivity contribution in [3.8, 4) is 23.8 Å². The molecule has 3 heteroatoms. The normalized spacial score (nSPS) is 9.95. The maximum Gasteiger partial charge on any atom is 0.161 e. The molecule has 0 unspecified atom stereocenters. The van der Waals surface area contributed by atoms with E-state index in [1.54, 1.807) is 0 Å². The van der Waals surface area contributed by atoms with Gasteiger partial charge in [-0.1, -0.05) is 13.0 Å². The van der Waals surface area contributed by atoms with Crippen LogP contribution in [0, 0.1) is 12.3 Å². The summed E-state index contributed by atoms with van der Waals surface area (Å²) in [5, 5.41) is 3.29. The van der Waals surface area contributed by atoms with Crippen molar-refractivity contribution in [3.05, 3.63) is 23.8 Å². The molecule has 0 aromatic heterocycles. The summed E-state index contributed by atoms with van der Waals surface area (Å²) in [6.07, 6.45) is 6.82. The Morgan fingerprint density at radius 3 is 2.74 bits per heavy atom. The molecule has 0 saturated carbocycles. The maximum absolute atomic E-state index is 5.71. The third-order valence-corrected chi connectivity index (χ3v) is 2.61. The minimum Gasteiger partial charge on any atom is -0.490 e. The molecule has 0 spiro atoms. The number of ether oxygens (including phenoxy) is 2. The number of terminal acetylenes is 1. The molecule has 0 heterocycles. The summed E-state index contributed by atoms with van der Waals surface area (Å²) in [5.41, 5.74) is 1.20. The molecule has 0 amide bonds. The van der Waals surface area contributed by atoms with Gasteiger partial charge < -0.3 is 14.8 Å². The predicted molar refractivity (Wildman–Crippen MR) is 78.6 cm³/mol. The second-order valence-corrected chi connectivity index (χ2v) is 4.15. The van der Waals surface area contributed by atoms with E-state index in [0.29, 0.717) is 13.2 Å². The lowest BCUT2D eigenvalue weighted by Gasteiger charge is -2.13. The van der Waals surface area contributed by atoms with Crippen molar-refractivity contribution >= 4 is 0 Å². The Bertz CT molecular complexity index is 410. The van der Waals surface area contributed by atoms with E-state index < -0.39 is 0 Å². The van der Waals surface area contributed by atoms with Crippen LogP contribution >= 0.6 is 0 Å². The van der Waals surface area contributed by atoms with Gasteiger partial charge in [0.25, 0.3) is 0 Å². The van der Waals surface area contributed by atoms with Crippen LogP contribution in [0.4, 0.5) is 0 Å². The van der Waals surface area contributed by atoms with Crippen LogP contribution in [0.3, 0.4) is 0 Å². The van der Waals surface area contributed by atoms with Crippen LogP contribution in [0.15, 0.2) is 18.2 Å². The molecule has 0 radical (unpaired) electrons. The van der Waals surface area contributed by atoms with Crippen LogP contribution in [-0.4, -0.2) is 19.8 Å². The molecule has 0 atom stereocenters. The zero-order valence-corrected chi connectivity index (χ0v) is 11.9. The monoisotopic (exact) mass is 261 g/mol. The number of hydrogen-bond acceptors (Lipinski definition) is 3. The first-order chi connectivity index (χ1) is 9.31. The first kappa shape index (κ1) is 15.4. The Morgan fingerprint density at radius 2 is 2.05 bits per heavy atom. The van der Waals surface area contributed by atoms with E-state index in [2.05, 4.69) is 24.2 Å². The fraction of sp³-hybridized carbons (Fsp3) is 0.500. The smallest absolute Gasteiger partial charge is 0.161 e. The quantitative estimate of drug-likeness (QED) is 0.547. The van der Waals surface area contributed by atoms with Crippen LogP contribution in [0.5, 0.6) is 11.5 Å². The first-order valence-corrected chi connectivity index (χ1v) is 6.84. The molecule has 1 rings (SSSR count). The van der Waals surface area contributed by atoms with E-state index in [1.165, 1.54) is 5.56 Å². The Hall–Kier alpha value is -1.66. The first-order valence-electron chi connectivity index (χ1n) is 6.84. The van der Waals surface area contributed by atoms with E-state index in [-0.39, 0.29) is 0 Å². The highest BCUT2D eigenvalue weighted by Gasteiger charge is 2.06. The van der Waals surface area contributed by atoms with Gasteiger partial charge in [-0.2, -0.15) is 0 Å². The summed E-state index contributed by atoms with van der Waals surface area (Å²) in [6.45, 7) is 7.11. The molecule has 0 fully saturated rings. The topological polar surface area (TPSA) is 30.5 Å². The van der Waals surface area contributed by atoms with Crippen LogP contribution in [-0.2, 0) is 6.54 Å². The van der Waals surface area contributed by atoms with Gasteiger partial charge in [-0.25, -0.2) is 0 Å². The highest BCUT2D eigenvalue weighted by Crippen LogP contribution is 2.28.